The summed E-state index contributed by atoms with van der Waals surface area (Å²) in [7, 11) is 0. The Kier molecular flexibility index (Phi) is 5.00. The fraction of sp³-hybridized carbons (Fsp3) is 0.600. The molecule has 0 atom stereocenters. The fourth-order valence-electron chi connectivity index (χ4n) is 3.98. The van der Waals surface area contributed by atoms with Crippen molar-refractivity contribution < 1.29 is 0 Å². The molecule has 1 fully saturated rings. The van der Waals surface area contributed by atoms with Crippen LogP contribution in [0.3, 0.4) is 0 Å². The highest BCUT2D eigenvalue weighted by Crippen LogP contribution is 2.34. The number of fused-ring (bicyclic) bond motifs is 1. The Labute approximate surface area is 129 Å². The highest BCUT2D eigenvalue weighted by atomic mass is 14.7. The van der Waals surface area contributed by atoms with Gasteiger partial charge in [-0.2, -0.15) is 0 Å². The normalized spacial score (nSPS) is 19.5. The number of H-pyrrole nitrogens is 1. The Hall–Kier alpha value is -1.24. The highest BCUT2D eigenvalue weighted by Gasteiger charge is 2.17. The molecule has 0 aliphatic heterocycles. The number of hydrogen-bond donors (Lipinski definition) is 1. The first kappa shape index (κ1) is 14.7. The van der Waals surface area contributed by atoms with Crippen molar-refractivity contribution >= 4 is 10.8 Å². The molecule has 0 unspecified atom stereocenters. The number of aromatic nitrogens is 1. The Balaban J connectivity index is 1.83. The quantitative estimate of drug-likeness (QED) is 0.617. The van der Waals surface area contributed by atoms with E-state index in [1.807, 2.05) is 0 Å². The van der Waals surface area contributed by atoms with E-state index in [2.05, 4.69) is 36.2 Å². The summed E-state index contributed by atoms with van der Waals surface area (Å²) >= 11 is 0. The van der Waals surface area contributed by atoms with Crippen molar-refractivity contribution in [1.29, 1.82) is 0 Å². The van der Waals surface area contributed by atoms with Gasteiger partial charge in [0.05, 0.1) is 0 Å². The largest absolute Gasteiger partial charge is 0.361 e. The van der Waals surface area contributed by atoms with Crippen molar-refractivity contribution in [2.45, 2.75) is 77.0 Å². The van der Waals surface area contributed by atoms with Crippen molar-refractivity contribution in [3.8, 4) is 0 Å². The van der Waals surface area contributed by atoms with Gasteiger partial charge < -0.3 is 4.98 Å². The first-order valence-electron chi connectivity index (χ1n) is 8.93. The summed E-state index contributed by atoms with van der Waals surface area (Å²) in [5.74, 6) is 0.738. The van der Waals surface area contributed by atoms with E-state index in [1.54, 1.807) is 0 Å². The molecule has 1 saturated carbocycles. The van der Waals surface area contributed by atoms with Gasteiger partial charge in [-0.3, -0.25) is 0 Å². The van der Waals surface area contributed by atoms with Gasteiger partial charge in [0.1, 0.15) is 0 Å². The van der Waals surface area contributed by atoms with Crippen LogP contribution in [0, 0.1) is 6.92 Å². The average Bonchev–Trinajstić information content (AvgIpc) is 2.81. The van der Waals surface area contributed by atoms with Crippen molar-refractivity contribution in [3.63, 3.8) is 0 Å². The molecule has 2 aromatic rings. The molecule has 3 rings (SSSR count). The summed E-state index contributed by atoms with van der Waals surface area (Å²) < 4.78 is 0. The van der Waals surface area contributed by atoms with Crippen LogP contribution >= 0.6 is 0 Å². The van der Waals surface area contributed by atoms with Crippen LogP contribution in [0.25, 0.3) is 10.8 Å². The number of benzene rings is 1. The second kappa shape index (κ2) is 7.15. The number of rotatable bonds is 1. The number of aromatic amines is 1. The molecule has 0 amide bonds. The Morgan fingerprint density at radius 2 is 1.29 bits per heavy atom. The van der Waals surface area contributed by atoms with Crippen LogP contribution in [0.5, 0.6) is 0 Å². The molecule has 1 nitrogen and oxygen atoms in total. The number of hydrogen-bond acceptors (Lipinski definition) is 0. The molecule has 1 N–H and O–H groups in total. The lowest BCUT2D eigenvalue weighted by molar-refractivity contribution is 0.509. The molecule has 0 radical (unpaired) electrons. The summed E-state index contributed by atoms with van der Waals surface area (Å²) in [5.41, 5.74) is 2.86. The molecule has 21 heavy (non-hydrogen) atoms. The van der Waals surface area contributed by atoms with E-state index in [4.69, 9.17) is 0 Å². The van der Waals surface area contributed by atoms with E-state index in [1.165, 1.54) is 86.4 Å². The van der Waals surface area contributed by atoms with Crippen LogP contribution in [0.1, 0.15) is 81.5 Å². The van der Waals surface area contributed by atoms with Crippen LogP contribution in [0.2, 0.25) is 0 Å². The average molecular weight is 283 g/mol. The third-order valence-electron chi connectivity index (χ3n) is 5.21. The first-order chi connectivity index (χ1) is 10.4. The minimum atomic E-state index is 0.738. The van der Waals surface area contributed by atoms with Crippen molar-refractivity contribution in [3.05, 3.63) is 35.7 Å². The smallest absolute Gasteiger partial charge is 0.0260 e. The lowest BCUT2D eigenvalue weighted by atomic mass is 9.90. The van der Waals surface area contributed by atoms with E-state index in [-0.39, 0.29) is 0 Å². The van der Waals surface area contributed by atoms with E-state index >= 15 is 0 Å². The molecular weight excluding hydrogens is 254 g/mol. The van der Waals surface area contributed by atoms with Gasteiger partial charge in [0.15, 0.2) is 0 Å². The van der Waals surface area contributed by atoms with Crippen molar-refractivity contribution in [2.24, 2.45) is 0 Å². The first-order valence-corrected chi connectivity index (χ1v) is 8.93. The van der Waals surface area contributed by atoms with Gasteiger partial charge in [-0.1, -0.05) is 75.6 Å². The van der Waals surface area contributed by atoms with E-state index in [9.17, 15) is 0 Å². The lowest BCUT2D eigenvalue weighted by Gasteiger charge is -2.16. The molecule has 1 heteroatoms. The van der Waals surface area contributed by atoms with Gasteiger partial charge in [-0.05, 0) is 25.7 Å². The maximum Gasteiger partial charge on any atom is 0.0260 e. The second-order valence-electron chi connectivity index (χ2n) is 6.81. The molecule has 1 aromatic heterocycles. The summed E-state index contributed by atoms with van der Waals surface area (Å²) in [6, 6.07) is 8.91. The minimum Gasteiger partial charge on any atom is -0.361 e. The van der Waals surface area contributed by atoms with Gasteiger partial charge >= 0.3 is 0 Å². The summed E-state index contributed by atoms with van der Waals surface area (Å²) in [6.45, 7) is 2.22. The summed E-state index contributed by atoms with van der Waals surface area (Å²) in [6.07, 6.45) is 14.2. The molecule has 0 bridgehead atoms. The topological polar surface area (TPSA) is 15.8 Å². The molecule has 1 heterocycles. The molecule has 1 aromatic carbocycles. The highest BCUT2D eigenvalue weighted by molar-refractivity contribution is 5.88. The summed E-state index contributed by atoms with van der Waals surface area (Å²) in [4.78, 5) is 3.72. The van der Waals surface area contributed by atoms with E-state index in [0.717, 1.165) is 5.92 Å². The van der Waals surface area contributed by atoms with Gasteiger partial charge in [-0.15, -0.1) is 0 Å². The predicted molar refractivity (Wildman–Crippen MR) is 91.9 cm³/mol. The Bertz CT molecular complexity index is 554. The SMILES string of the molecule is Cc1[nH]c(C2CCCCCCCCCC2)c2ccccc12. The molecule has 0 spiro atoms. The third kappa shape index (κ3) is 3.51. The summed E-state index contributed by atoms with van der Waals surface area (Å²) in [5, 5.41) is 2.89. The Morgan fingerprint density at radius 1 is 0.762 bits per heavy atom. The number of nitrogens with one attached hydrogen (secondary N) is 1. The molecule has 1 aliphatic carbocycles. The van der Waals surface area contributed by atoms with Gasteiger partial charge in [0.25, 0.3) is 0 Å². The third-order valence-corrected chi connectivity index (χ3v) is 5.21. The second-order valence-corrected chi connectivity index (χ2v) is 6.81. The standard InChI is InChI=1S/C20H29N/c1-16-18-14-10-11-15-19(18)20(21-16)17-12-8-6-4-2-3-5-7-9-13-17/h10-11,14-15,17,21H,2-9,12-13H2,1H3. The van der Waals surface area contributed by atoms with Gasteiger partial charge in [-0.25, -0.2) is 0 Å². The monoisotopic (exact) mass is 283 g/mol. The minimum absolute atomic E-state index is 0.738. The predicted octanol–water partition coefficient (Wildman–Crippen LogP) is 6.47. The van der Waals surface area contributed by atoms with Gasteiger partial charge in [0.2, 0.25) is 0 Å². The van der Waals surface area contributed by atoms with Crippen LogP contribution in [-0.4, -0.2) is 4.98 Å². The van der Waals surface area contributed by atoms with Crippen molar-refractivity contribution in [2.75, 3.05) is 0 Å². The maximum absolute atomic E-state index is 3.72. The number of aryl methyl sites for hydroxylation is 1. The van der Waals surface area contributed by atoms with E-state index in [0.29, 0.717) is 0 Å². The van der Waals surface area contributed by atoms with Crippen LogP contribution in [0.15, 0.2) is 24.3 Å². The zero-order valence-electron chi connectivity index (χ0n) is 13.5. The molecule has 0 saturated heterocycles. The fourth-order valence-corrected chi connectivity index (χ4v) is 3.98. The lowest BCUT2D eigenvalue weighted by Crippen LogP contribution is -2.01. The van der Waals surface area contributed by atoms with Crippen LogP contribution in [-0.2, 0) is 0 Å². The molecular formula is C20H29N. The Morgan fingerprint density at radius 3 is 1.90 bits per heavy atom. The molecule has 1 aliphatic rings. The van der Waals surface area contributed by atoms with Crippen molar-refractivity contribution in [1.82, 2.24) is 4.98 Å². The zero-order chi connectivity index (χ0) is 14.5. The maximum atomic E-state index is 3.72. The van der Waals surface area contributed by atoms with Crippen LogP contribution < -0.4 is 0 Å². The molecule has 114 valence electrons. The van der Waals surface area contributed by atoms with Crippen LogP contribution in [0.4, 0.5) is 0 Å². The van der Waals surface area contributed by atoms with Gasteiger partial charge in [0, 0.05) is 22.2 Å². The zero-order valence-corrected chi connectivity index (χ0v) is 13.5. The van der Waals surface area contributed by atoms with E-state index < -0.39 is 0 Å².